The number of nitro groups is 1. The van der Waals surface area contributed by atoms with E-state index in [0.717, 1.165) is 18.8 Å². The minimum Gasteiger partial charge on any atom is -0.379 e. The fourth-order valence-corrected chi connectivity index (χ4v) is 2.26. The molecule has 2 N–H and O–H groups in total. The quantitative estimate of drug-likeness (QED) is 0.438. The van der Waals surface area contributed by atoms with E-state index in [4.69, 9.17) is 0 Å². The molecule has 6 heteroatoms. The summed E-state index contributed by atoms with van der Waals surface area (Å²) in [4.78, 5) is 22.4. The summed E-state index contributed by atoms with van der Waals surface area (Å²) in [7, 11) is 0. The minimum absolute atomic E-state index is 0.00877. The van der Waals surface area contributed by atoms with E-state index >= 15 is 0 Å². The fourth-order valence-electron chi connectivity index (χ4n) is 2.26. The largest absolute Gasteiger partial charge is 0.379 e. The van der Waals surface area contributed by atoms with Crippen LogP contribution in [0.3, 0.4) is 0 Å². The molecule has 0 aromatic heterocycles. The third-order valence-corrected chi connectivity index (χ3v) is 3.59. The maximum Gasteiger partial charge on any atom is 0.292 e. The van der Waals surface area contributed by atoms with Crippen molar-refractivity contribution in [3.8, 4) is 0 Å². The number of nitrogens with zero attached hydrogens (tertiary/aromatic N) is 1. The van der Waals surface area contributed by atoms with Gasteiger partial charge in [0.1, 0.15) is 5.69 Å². The van der Waals surface area contributed by atoms with Crippen LogP contribution >= 0.6 is 0 Å². The molecule has 1 fully saturated rings. The third-order valence-electron chi connectivity index (χ3n) is 3.59. The summed E-state index contributed by atoms with van der Waals surface area (Å²) in [5.41, 5.74) is 0.862. The summed E-state index contributed by atoms with van der Waals surface area (Å²) in [6.07, 6.45) is 4.78. The van der Waals surface area contributed by atoms with Crippen molar-refractivity contribution >= 4 is 17.3 Å². The molecule has 1 saturated carbocycles. The van der Waals surface area contributed by atoms with Crippen molar-refractivity contribution in [2.45, 2.75) is 32.6 Å². The SMILES string of the molecule is CCNC(=O)c1ccc([N+](=O)[O-])c(NCCCC2CC2)c1. The lowest BCUT2D eigenvalue weighted by Crippen LogP contribution is -2.22. The summed E-state index contributed by atoms with van der Waals surface area (Å²) >= 11 is 0. The first-order valence-corrected chi connectivity index (χ1v) is 7.42. The number of carbonyl (C=O) groups excluding carboxylic acids is 1. The molecule has 6 nitrogen and oxygen atoms in total. The van der Waals surface area contributed by atoms with Gasteiger partial charge in [-0.15, -0.1) is 0 Å². The van der Waals surface area contributed by atoms with Crippen molar-refractivity contribution in [2.75, 3.05) is 18.4 Å². The second-order valence-corrected chi connectivity index (χ2v) is 5.36. The molecule has 0 unspecified atom stereocenters. The Bertz CT molecular complexity index is 527. The van der Waals surface area contributed by atoms with Gasteiger partial charge in [0.25, 0.3) is 11.6 Å². The minimum atomic E-state index is -0.426. The Morgan fingerprint density at radius 1 is 1.43 bits per heavy atom. The highest BCUT2D eigenvalue weighted by Crippen LogP contribution is 2.33. The first-order chi connectivity index (χ1) is 10.1. The van der Waals surface area contributed by atoms with Crippen LogP contribution < -0.4 is 10.6 Å². The number of nitro benzene ring substituents is 1. The molecule has 0 aliphatic heterocycles. The molecular formula is C15H21N3O3. The highest BCUT2D eigenvalue weighted by molar-refractivity contribution is 5.95. The van der Waals surface area contributed by atoms with Gasteiger partial charge >= 0.3 is 0 Å². The van der Waals surface area contributed by atoms with Gasteiger partial charge in [-0.2, -0.15) is 0 Å². The molecule has 1 aromatic rings. The van der Waals surface area contributed by atoms with E-state index < -0.39 is 4.92 Å². The van der Waals surface area contributed by atoms with Gasteiger partial charge in [0, 0.05) is 24.7 Å². The molecule has 1 aliphatic rings. The van der Waals surface area contributed by atoms with E-state index in [2.05, 4.69) is 10.6 Å². The molecule has 0 atom stereocenters. The van der Waals surface area contributed by atoms with E-state index in [1.54, 1.807) is 6.07 Å². The smallest absolute Gasteiger partial charge is 0.292 e. The molecule has 1 aliphatic carbocycles. The first kappa shape index (κ1) is 15.3. The Hall–Kier alpha value is -2.11. The van der Waals surface area contributed by atoms with Crippen LogP contribution in [0.2, 0.25) is 0 Å². The second-order valence-electron chi connectivity index (χ2n) is 5.36. The van der Waals surface area contributed by atoms with E-state index in [0.29, 0.717) is 24.3 Å². The lowest BCUT2D eigenvalue weighted by Gasteiger charge is -2.09. The molecule has 21 heavy (non-hydrogen) atoms. The maximum absolute atomic E-state index is 11.8. The van der Waals surface area contributed by atoms with Gasteiger partial charge < -0.3 is 10.6 Å². The van der Waals surface area contributed by atoms with Crippen LogP contribution in [0.4, 0.5) is 11.4 Å². The van der Waals surface area contributed by atoms with Gasteiger partial charge in [-0.3, -0.25) is 14.9 Å². The summed E-state index contributed by atoms with van der Waals surface area (Å²) in [6, 6.07) is 4.42. The van der Waals surface area contributed by atoms with Crippen LogP contribution in [-0.2, 0) is 0 Å². The van der Waals surface area contributed by atoms with Gasteiger partial charge in [0.2, 0.25) is 0 Å². The van der Waals surface area contributed by atoms with Crippen LogP contribution in [0.5, 0.6) is 0 Å². The lowest BCUT2D eigenvalue weighted by molar-refractivity contribution is -0.384. The summed E-state index contributed by atoms with van der Waals surface area (Å²) in [5.74, 6) is 0.636. The van der Waals surface area contributed by atoms with Crippen molar-refractivity contribution in [1.82, 2.24) is 5.32 Å². The Morgan fingerprint density at radius 2 is 2.19 bits per heavy atom. The number of rotatable bonds is 8. The zero-order chi connectivity index (χ0) is 15.2. The van der Waals surface area contributed by atoms with Crippen LogP contribution in [0, 0.1) is 16.0 Å². The van der Waals surface area contributed by atoms with Crippen LogP contribution in [0.1, 0.15) is 43.0 Å². The molecule has 0 radical (unpaired) electrons. The Labute approximate surface area is 124 Å². The van der Waals surface area contributed by atoms with E-state index in [1.165, 1.54) is 25.0 Å². The molecule has 1 aromatic carbocycles. The predicted molar refractivity (Wildman–Crippen MR) is 81.6 cm³/mol. The number of nitrogens with one attached hydrogen (secondary N) is 2. The highest BCUT2D eigenvalue weighted by atomic mass is 16.6. The molecule has 0 spiro atoms. The van der Waals surface area contributed by atoms with E-state index in [9.17, 15) is 14.9 Å². The number of amides is 1. The van der Waals surface area contributed by atoms with Crippen LogP contribution in [0.25, 0.3) is 0 Å². The Morgan fingerprint density at radius 3 is 2.81 bits per heavy atom. The number of carbonyl (C=O) groups is 1. The topological polar surface area (TPSA) is 84.3 Å². The van der Waals surface area contributed by atoms with E-state index in [1.807, 2.05) is 6.92 Å². The molecular weight excluding hydrogens is 270 g/mol. The predicted octanol–water partition coefficient (Wildman–Crippen LogP) is 2.95. The lowest BCUT2D eigenvalue weighted by atomic mass is 10.1. The van der Waals surface area contributed by atoms with Gasteiger partial charge in [-0.05, 0) is 37.8 Å². The van der Waals surface area contributed by atoms with Crippen molar-refractivity contribution in [1.29, 1.82) is 0 Å². The average Bonchev–Trinajstić information content (AvgIpc) is 3.27. The van der Waals surface area contributed by atoms with Gasteiger partial charge in [-0.1, -0.05) is 12.8 Å². The molecule has 0 saturated heterocycles. The highest BCUT2D eigenvalue weighted by Gasteiger charge is 2.20. The number of anilines is 1. The third kappa shape index (κ3) is 4.44. The Kier molecular flexibility index (Phi) is 5.14. The molecule has 1 amide bonds. The van der Waals surface area contributed by atoms with Crippen molar-refractivity contribution in [2.24, 2.45) is 5.92 Å². The summed E-state index contributed by atoms with van der Waals surface area (Å²) in [5, 5.41) is 16.8. The first-order valence-electron chi connectivity index (χ1n) is 7.42. The Balaban J connectivity index is 2.04. The number of hydrogen-bond donors (Lipinski definition) is 2. The molecule has 114 valence electrons. The molecule has 0 heterocycles. The van der Waals surface area contributed by atoms with Crippen molar-refractivity contribution in [3.63, 3.8) is 0 Å². The number of hydrogen-bond acceptors (Lipinski definition) is 4. The van der Waals surface area contributed by atoms with Crippen LogP contribution in [-0.4, -0.2) is 23.9 Å². The zero-order valence-electron chi connectivity index (χ0n) is 12.2. The second kappa shape index (κ2) is 7.06. The van der Waals surface area contributed by atoms with Gasteiger partial charge in [0.05, 0.1) is 4.92 Å². The maximum atomic E-state index is 11.8. The number of benzene rings is 1. The average molecular weight is 291 g/mol. The van der Waals surface area contributed by atoms with Gasteiger partial charge in [-0.25, -0.2) is 0 Å². The fraction of sp³-hybridized carbons (Fsp3) is 0.533. The van der Waals surface area contributed by atoms with Crippen molar-refractivity contribution < 1.29 is 9.72 Å². The summed E-state index contributed by atoms with van der Waals surface area (Å²) < 4.78 is 0. The standard InChI is InChI=1S/C15H21N3O3/c1-2-16-15(19)12-7-8-14(18(20)21)13(10-12)17-9-3-4-11-5-6-11/h7-8,10-11,17H,2-6,9H2,1H3,(H,16,19). The van der Waals surface area contributed by atoms with Gasteiger partial charge in [0.15, 0.2) is 0 Å². The molecule has 0 bridgehead atoms. The molecule has 2 rings (SSSR count). The zero-order valence-corrected chi connectivity index (χ0v) is 12.2. The summed E-state index contributed by atoms with van der Waals surface area (Å²) in [6.45, 7) is 3.05. The van der Waals surface area contributed by atoms with Crippen molar-refractivity contribution in [3.05, 3.63) is 33.9 Å². The van der Waals surface area contributed by atoms with Crippen LogP contribution in [0.15, 0.2) is 18.2 Å². The normalized spacial score (nSPS) is 13.8. The van der Waals surface area contributed by atoms with E-state index in [-0.39, 0.29) is 11.6 Å². The monoisotopic (exact) mass is 291 g/mol.